The van der Waals surface area contributed by atoms with Crippen molar-refractivity contribution in [2.45, 2.75) is 11.9 Å². The Morgan fingerprint density at radius 3 is 2.61 bits per heavy atom. The van der Waals surface area contributed by atoms with E-state index in [4.69, 9.17) is 0 Å². The molecule has 31 heavy (non-hydrogen) atoms. The molecule has 1 N–H and O–H groups in total. The van der Waals surface area contributed by atoms with Gasteiger partial charge in [-0.05, 0) is 41.0 Å². The van der Waals surface area contributed by atoms with E-state index in [0.717, 1.165) is 21.2 Å². The van der Waals surface area contributed by atoms with Crippen molar-refractivity contribution >= 4 is 45.7 Å². The van der Waals surface area contributed by atoms with E-state index in [1.807, 2.05) is 71.6 Å². The highest BCUT2D eigenvalue weighted by atomic mass is 79.9. The summed E-state index contributed by atoms with van der Waals surface area (Å²) in [6.45, 7) is 0.573. The van der Waals surface area contributed by atoms with Crippen LogP contribution in [-0.4, -0.2) is 28.7 Å². The molecule has 156 valence electrons. The normalized spacial score (nSPS) is 16.1. The average Bonchev–Trinajstić information content (AvgIpc) is 3.14. The number of carbonyl (C=O) groups excluding carboxylic acids is 2. The third-order valence-electron chi connectivity index (χ3n) is 4.85. The lowest BCUT2D eigenvalue weighted by Crippen LogP contribution is -2.27. The SMILES string of the molecule is O=C(N/N=C\c1cccc(Br)c1)c1ccc([C@H]2SCC(=O)N2Cc2ccccc2)cc1. The summed E-state index contributed by atoms with van der Waals surface area (Å²) >= 11 is 5.01. The molecule has 2 amide bonds. The van der Waals surface area contributed by atoms with Crippen LogP contribution in [0.3, 0.4) is 0 Å². The van der Waals surface area contributed by atoms with E-state index in [-0.39, 0.29) is 17.2 Å². The maximum Gasteiger partial charge on any atom is 0.271 e. The number of nitrogens with one attached hydrogen (secondary N) is 1. The minimum atomic E-state index is -0.283. The Morgan fingerprint density at radius 1 is 1.10 bits per heavy atom. The van der Waals surface area contributed by atoms with Crippen molar-refractivity contribution in [2.75, 3.05) is 5.75 Å². The second-order valence-electron chi connectivity index (χ2n) is 7.05. The Morgan fingerprint density at radius 2 is 1.87 bits per heavy atom. The van der Waals surface area contributed by atoms with Crippen LogP contribution >= 0.6 is 27.7 Å². The largest absolute Gasteiger partial charge is 0.322 e. The van der Waals surface area contributed by atoms with Gasteiger partial charge in [-0.3, -0.25) is 9.59 Å². The summed E-state index contributed by atoms with van der Waals surface area (Å²) in [6, 6.07) is 24.9. The molecule has 1 fully saturated rings. The first kappa shape index (κ1) is 21.3. The number of hydrogen-bond donors (Lipinski definition) is 1. The Balaban J connectivity index is 1.41. The van der Waals surface area contributed by atoms with Gasteiger partial charge >= 0.3 is 0 Å². The topological polar surface area (TPSA) is 61.8 Å². The molecule has 7 heteroatoms. The predicted molar refractivity (Wildman–Crippen MR) is 128 cm³/mol. The first-order valence-electron chi connectivity index (χ1n) is 9.74. The minimum Gasteiger partial charge on any atom is -0.322 e. The number of rotatable bonds is 6. The van der Waals surface area contributed by atoms with E-state index in [1.165, 1.54) is 0 Å². The third-order valence-corrected chi connectivity index (χ3v) is 6.60. The first-order chi connectivity index (χ1) is 15.1. The van der Waals surface area contributed by atoms with E-state index in [0.29, 0.717) is 17.9 Å². The van der Waals surface area contributed by atoms with Crippen molar-refractivity contribution < 1.29 is 9.59 Å². The molecule has 0 aromatic heterocycles. The second-order valence-corrected chi connectivity index (χ2v) is 9.03. The molecule has 0 radical (unpaired) electrons. The van der Waals surface area contributed by atoms with E-state index in [1.54, 1.807) is 30.1 Å². The van der Waals surface area contributed by atoms with Crippen LogP contribution in [0.15, 0.2) is 88.4 Å². The Kier molecular flexibility index (Phi) is 6.84. The standard InChI is InChI=1S/C24H20BrN3O2S/c25-21-8-4-7-18(13-21)14-26-27-23(30)19-9-11-20(12-10-19)24-28(22(29)16-31-24)15-17-5-2-1-3-6-17/h1-14,24H,15-16H2,(H,27,30)/b26-14-/t24-/m1/s1. The number of halogens is 1. The summed E-state index contributed by atoms with van der Waals surface area (Å²) in [7, 11) is 0. The Hall–Kier alpha value is -2.90. The lowest BCUT2D eigenvalue weighted by molar-refractivity contribution is -0.128. The molecule has 1 aliphatic heterocycles. The molecule has 1 saturated heterocycles. The van der Waals surface area contributed by atoms with Crippen LogP contribution in [0, 0.1) is 0 Å². The van der Waals surface area contributed by atoms with Crippen molar-refractivity contribution in [3.05, 3.63) is 106 Å². The highest BCUT2D eigenvalue weighted by molar-refractivity contribution is 9.10. The number of thioether (sulfide) groups is 1. The molecule has 3 aromatic rings. The van der Waals surface area contributed by atoms with E-state index in [2.05, 4.69) is 26.5 Å². The van der Waals surface area contributed by atoms with Crippen LogP contribution in [0.2, 0.25) is 0 Å². The molecular formula is C24H20BrN3O2S. The number of hydrazone groups is 1. The molecule has 1 heterocycles. The van der Waals surface area contributed by atoms with Crippen LogP contribution in [-0.2, 0) is 11.3 Å². The van der Waals surface area contributed by atoms with Gasteiger partial charge in [-0.15, -0.1) is 11.8 Å². The van der Waals surface area contributed by atoms with E-state index < -0.39 is 0 Å². The molecule has 0 aliphatic carbocycles. The van der Waals surface area contributed by atoms with Crippen molar-refractivity contribution in [1.82, 2.24) is 10.3 Å². The summed E-state index contributed by atoms with van der Waals surface area (Å²) < 4.78 is 0.947. The Labute approximate surface area is 193 Å². The predicted octanol–water partition coefficient (Wildman–Crippen LogP) is 4.99. The van der Waals surface area contributed by atoms with Gasteiger partial charge in [0.05, 0.1) is 12.0 Å². The molecule has 0 saturated carbocycles. The van der Waals surface area contributed by atoms with Crippen LogP contribution in [0.5, 0.6) is 0 Å². The van der Waals surface area contributed by atoms with E-state index >= 15 is 0 Å². The van der Waals surface area contributed by atoms with Gasteiger partial charge < -0.3 is 4.90 Å². The number of carbonyl (C=O) groups is 2. The fourth-order valence-corrected chi connectivity index (χ4v) is 4.90. The molecule has 1 aliphatic rings. The van der Waals surface area contributed by atoms with Crippen molar-refractivity contribution in [2.24, 2.45) is 5.10 Å². The maximum absolute atomic E-state index is 12.4. The maximum atomic E-state index is 12.4. The molecule has 0 unspecified atom stereocenters. The van der Waals surface area contributed by atoms with Gasteiger partial charge in [0.15, 0.2) is 0 Å². The average molecular weight is 494 g/mol. The van der Waals surface area contributed by atoms with Gasteiger partial charge in [-0.2, -0.15) is 5.10 Å². The zero-order valence-electron chi connectivity index (χ0n) is 16.6. The van der Waals surface area contributed by atoms with Gasteiger partial charge in [-0.25, -0.2) is 5.43 Å². The molecule has 0 spiro atoms. The molecule has 5 nitrogen and oxygen atoms in total. The number of amides is 2. The highest BCUT2D eigenvalue weighted by Crippen LogP contribution is 2.39. The van der Waals surface area contributed by atoms with Crippen molar-refractivity contribution in [3.8, 4) is 0 Å². The first-order valence-corrected chi connectivity index (χ1v) is 11.6. The van der Waals surface area contributed by atoms with Crippen LogP contribution < -0.4 is 5.43 Å². The number of hydrogen-bond acceptors (Lipinski definition) is 4. The summed E-state index contributed by atoms with van der Waals surface area (Å²) in [5.74, 6) is 0.306. The zero-order valence-corrected chi connectivity index (χ0v) is 19.0. The fourth-order valence-electron chi connectivity index (χ4n) is 3.30. The molecule has 3 aromatic carbocycles. The highest BCUT2D eigenvalue weighted by Gasteiger charge is 2.32. The summed E-state index contributed by atoms with van der Waals surface area (Å²) in [6.07, 6.45) is 1.60. The molecule has 4 rings (SSSR count). The van der Waals surface area contributed by atoms with Crippen LogP contribution in [0.4, 0.5) is 0 Å². The number of nitrogens with zero attached hydrogens (tertiary/aromatic N) is 2. The van der Waals surface area contributed by atoms with Crippen LogP contribution in [0.25, 0.3) is 0 Å². The van der Waals surface area contributed by atoms with Gasteiger partial charge in [-0.1, -0.05) is 70.5 Å². The van der Waals surface area contributed by atoms with Gasteiger partial charge in [0.1, 0.15) is 5.37 Å². The minimum absolute atomic E-state index is 0.0561. The second kappa shape index (κ2) is 9.94. The number of benzene rings is 3. The van der Waals surface area contributed by atoms with Crippen molar-refractivity contribution in [1.29, 1.82) is 0 Å². The quantitative estimate of drug-likeness (QED) is 0.388. The van der Waals surface area contributed by atoms with Crippen molar-refractivity contribution in [3.63, 3.8) is 0 Å². The zero-order chi connectivity index (χ0) is 21.6. The fraction of sp³-hybridized carbons (Fsp3) is 0.125. The summed E-state index contributed by atoms with van der Waals surface area (Å²) in [4.78, 5) is 26.7. The lowest BCUT2D eigenvalue weighted by atomic mass is 10.1. The third kappa shape index (κ3) is 5.42. The van der Waals surface area contributed by atoms with Gasteiger partial charge in [0, 0.05) is 16.6 Å². The van der Waals surface area contributed by atoms with Gasteiger partial charge in [0.2, 0.25) is 5.91 Å². The van der Waals surface area contributed by atoms with Gasteiger partial charge in [0.25, 0.3) is 5.91 Å². The smallest absolute Gasteiger partial charge is 0.271 e. The lowest BCUT2D eigenvalue weighted by Gasteiger charge is -2.24. The Bertz CT molecular complexity index is 1100. The molecule has 0 bridgehead atoms. The molecule has 1 atom stereocenters. The summed E-state index contributed by atoms with van der Waals surface area (Å²) in [5.41, 5.74) is 6.04. The monoisotopic (exact) mass is 493 g/mol. The molecular weight excluding hydrogens is 474 g/mol. The summed E-state index contributed by atoms with van der Waals surface area (Å²) in [5, 5.41) is 3.97. The van der Waals surface area contributed by atoms with Crippen LogP contribution in [0.1, 0.15) is 32.4 Å². The van der Waals surface area contributed by atoms with E-state index in [9.17, 15) is 9.59 Å².